The number of hydrogen-bond donors (Lipinski definition) is 2. The van der Waals surface area contributed by atoms with Crippen LogP contribution >= 0.6 is 11.3 Å². The van der Waals surface area contributed by atoms with Gasteiger partial charge in [-0.3, -0.25) is 0 Å². The van der Waals surface area contributed by atoms with E-state index >= 15 is 0 Å². The predicted molar refractivity (Wildman–Crippen MR) is 88.4 cm³/mol. The maximum absolute atomic E-state index is 11.3. The van der Waals surface area contributed by atoms with Crippen LogP contribution in [0, 0.1) is 0 Å². The van der Waals surface area contributed by atoms with E-state index in [0.29, 0.717) is 16.5 Å². The number of pyridine rings is 1. The molecule has 0 bridgehead atoms. The molecule has 1 aliphatic rings. The second kappa shape index (κ2) is 4.81. The van der Waals surface area contributed by atoms with Crippen molar-refractivity contribution in [2.45, 2.75) is 18.8 Å². The van der Waals surface area contributed by atoms with Crippen molar-refractivity contribution in [3.8, 4) is 11.1 Å². The Bertz CT molecular complexity index is 883. The van der Waals surface area contributed by atoms with Crippen LogP contribution in [-0.2, 0) is 0 Å². The first kappa shape index (κ1) is 13.3. The molecule has 0 radical (unpaired) electrons. The molecule has 0 atom stereocenters. The van der Waals surface area contributed by atoms with Crippen molar-refractivity contribution < 1.29 is 9.90 Å². The van der Waals surface area contributed by atoms with Crippen molar-refractivity contribution in [2.75, 3.05) is 5.73 Å². The van der Waals surface area contributed by atoms with Gasteiger partial charge in [0.1, 0.15) is 9.71 Å². The molecule has 4 rings (SSSR count). The summed E-state index contributed by atoms with van der Waals surface area (Å²) >= 11 is 1.22. The SMILES string of the molecule is Nc1c(C2CC2)nc2sc(C(=O)O)cc2c1-c1ccccc1. The Morgan fingerprint density at radius 3 is 2.64 bits per heavy atom. The first-order chi connectivity index (χ1) is 10.6. The minimum atomic E-state index is -0.923. The third kappa shape index (κ3) is 2.05. The first-order valence-electron chi connectivity index (χ1n) is 7.17. The summed E-state index contributed by atoms with van der Waals surface area (Å²) in [6.45, 7) is 0. The number of aromatic nitrogens is 1. The molecule has 0 saturated heterocycles. The van der Waals surface area contributed by atoms with E-state index in [4.69, 9.17) is 5.73 Å². The number of anilines is 1. The number of benzene rings is 1. The fourth-order valence-electron chi connectivity index (χ4n) is 2.78. The van der Waals surface area contributed by atoms with Gasteiger partial charge in [-0.05, 0) is 24.5 Å². The molecule has 1 aliphatic carbocycles. The molecule has 2 aromatic heterocycles. The molecular formula is C17H14N2O2S. The van der Waals surface area contributed by atoms with Gasteiger partial charge < -0.3 is 10.8 Å². The fourth-order valence-corrected chi connectivity index (χ4v) is 3.66. The van der Waals surface area contributed by atoms with E-state index in [1.54, 1.807) is 6.07 Å². The number of rotatable bonds is 3. The molecule has 1 aromatic carbocycles. The van der Waals surface area contributed by atoms with E-state index in [2.05, 4.69) is 4.98 Å². The molecule has 2 heterocycles. The maximum Gasteiger partial charge on any atom is 0.345 e. The highest BCUT2D eigenvalue weighted by atomic mass is 32.1. The summed E-state index contributed by atoms with van der Waals surface area (Å²) in [5.74, 6) is -0.504. The Balaban J connectivity index is 2.06. The van der Waals surface area contributed by atoms with Gasteiger partial charge in [0.2, 0.25) is 0 Å². The lowest BCUT2D eigenvalue weighted by Crippen LogP contribution is -1.99. The zero-order valence-electron chi connectivity index (χ0n) is 11.7. The monoisotopic (exact) mass is 310 g/mol. The number of fused-ring (bicyclic) bond motifs is 1. The number of hydrogen-bond acceptors (Lipinski definition) is 4. The van der Waals surface area contributed by atoms with Crippen molar-refractivity contribution >= 4 is 33.2 Å². The normalized spacial score (nSPS) is 14.4. The number of thiophene rings is 1. The molecule has 0 amide bonds. The summed E-state index contributed by atoms with van der Waals surface area (Å²) in [5.41, 5.74) is 9.93. The molecule has 1 fully saturated rings. The van der Waals surface area contributed by atoms with Crippen LogP contribution in [0.25, 0.3) is 21.3 Å². The fraction of sp³-hybridized carbons (Fsp3) is 0.176. The van der Waals surface area contributed by atoms with Gasteiger partial charge in [-0.2, -0.15) is 0 Å². The molecule has 0 aliphatic heterocycles. The average molecular weight is 310 g/mol. The highest BCUT2D eigenvalue weighted by Crippen LogP contribution is 2.47. The van der Waals surface area contributed by atoms with Gasteiger partial charge in [-0.25, -0.2) is 9.78 Å². The zero-order valence-corrected chi connectivity index (χ0v) is 12.6. The molecule has 3 N–H and O–H groups in total. The van der Waals surface area contributed by atoms with Crippen molar-refractivity contribution in [3.05, 3.63) is 47.0 Å². The smallest absolute Gasteiger partial charge is 0.345 e. The topological polar surface area (TPSA) is 76.2 Å². The Hall–Kier alpha value is -2.40. The van der Waals surface area contributed by atoms with Gasteiger partial charge in [0.15, 0.2) is 0 Å². The number of carboxylic acid groups (broad SMARTS) is 1. The Kier molecular flexibility index (Phi) is 2.90. The molecule has 0 unspecified atom stereocenters. The molecule has 22 heavy (non-hydrogen) atoms. The number of aromatic carboxylic acids is 1. The number of nitrogens with zero attached hydrogens (tertiary/aromatic N) is 1. The minimum Gasteiger partial charge on any atom is -0.477 e. The largest absolute Gasteiger partial charge is 0.477 e. The van der Waals surface area contributed by atoms with E-state index in [-0.39, 0.29) is 0 Å². The summed E-state index contributed by atoms with van der Waals surface area (Å²) in [4.78, 5) is 17.0. The van der Waals surface area contributed by atoms with Crippen LogP contribution in [0.5, 0.6) is 0 Å². The van der Waals surface area contributed by atoms with Crippen LogP contribution < -0.4 is 5.73 Å². The summed E-state index contributed by atoms with van der Waals surface area (Å²) in [6, 6.07) is 11.6. The van der Waals surface area contributed by atoms with Crippen LogP contribution in [0.1, 0.15) is 34.1 Å². The van der Waals surface area contributed by atoms with E-state index < -0.39 is 5.97 Å². The van der Waals surface area contributed by atoms with Crippen LogP contribution in [0.4, 0.5) is 5.69 Å². The predicted octanol–water partition coefficient (Wildman–Crippen LogP) is 4.12. The lowest BCUT2D eigenvalue weighted by atomic mass is 9.99. The summed E-state index contributed by atoms with van der Waals surface area (Å²) < 4.78 is 0. The highest BCUT2D eigenvalue weighted by Gasteiger charge is 2.30. The zero-order chi connectivity index (χ0) is 15.3. The standard InChI is InChI=1S/C17H14N2O2S/c18-14-13(9-4-2-1-3-5-9)11-8-12(17(20)21)22-16(11)19-15(14)10-6-7-10/h1-5,8,10H,6-7,18H2,(H,20,21). The third-order valence-electron chi connectivity index (χ3n) is 3.99. The van der Waals surface area contributed by atoms with Gasteiger partial charge in [0.25, 0.3) is 0 Å². The van der Waals surface area contributed by atoms with Crippen molar-refractivity contribution in [3.63, 3.8) is 0 Å². The number of carbonyl (C=O) groups is 1. The molecule has 0 spiro atoms. The van der Waals surface area contributed by atoms with Gasteiger partial charge in [-0.15, -0.1) is 11.3 Å². The summed E-state index contributed by atoms with van der Waals surface area (Å²) in [6.07, 6.45) is 2.21. The van der Waals surface area contributed by atoms with Gasteiger partial charge >= 0.3 is 5.97 Å². The third-order valence-corrected chi connectivity index (χ3v) is 5.00. The Morgan fingerprint density at radius 1 is 1.27 bits per heavy atom. The van der Waals surface area contributed by atoms with Crippen LogP contribution in [0.15, 0.2) is 36.4 Å². The number of nitrogen functional groups attached to an aromatic ring is 1. The van der Waals surface area contributed by atoms with Crippen molar-refractivity contribution in [2.24, 2.45) is 0 Å². The maximum atomic E-state index is 11.3. The summed E-state index contributed by atoms with van der Waals surface area (Å²) in [7, 11) is 0. The van der Waals surface area contributed by atoms with Crippen LogP contribution in [0.3, 0.4) is 0 Å². The minimum absolute atomic E-state index is 0.298. The van der Waals surface area contributed by atoms with Gasteiger partial charge in [0.05, 0.1) is 11.4 Å². The van der Waals surface area contributed by atoms with Crippen LogP contribution in [0.2, 0.25) is 0 Å². The molecule has 4 nitrogen and oxygen atoms in total. The summed E-state index contributed by atoms with van der Waals surface area (Å²) in [5, 5.41) is 10.1. The second-order valence-electron chi connectivity index (χ2n) is 5.56. The quantitative estimate of drug-likeness (QED) is 0.763. The molecule has 5 heteroatoms. The first-order valence-corrected chi connectivity index (χ1v) is 7.98. The Morgan fingerprint density at radius 2 is 2.00 bits per heavy atom. The van der Waals surface area contributed by atoms with Gasteiger partial charge in [0, 0.05) is 16.9 Å². The van der Waals surface area contributed by atoms with E-state index in [1.165, 1.54) is 11.3 Å². The Labute approximate surface area is 131 Å². The highest BCUT2D eigenvalue weighted by molar-refractivity contribution is 7.20. The lowest BCUT2D eigenvalue weighted by Gasteiger charge is -2.12. The number of carboxylic acids is 1. The second-order valence-corrected chi connectivity index (χ2v) is 6.59. The lowest BCUT2D eigenvalue weighted by molar-refractivity contribution is 0.0702. The van der Waals surface area contributed by atoms with E-state index in [0.717, 1.165) is 39.9 Å². The molecule has 3 aromatic rings. The number of nitrogens with two attached hydrogens (primary N) is 1. The average Bonchev–Trinajstić information content (AvgIpc) is 3.26. The molecule has 110 valence electrons. The molecular weight excluding hydrogens is 296 g/mol. The van der Waals surface area contributed by atoms with Crippen molar-refractivity contribution in [1.29, 1.82) is 0 Å². The van der Waals surface area contributed by atoms with Crippen molar-refractivity contribution in [1.82, 2.24) is 4.98 Å². The van der Waals surface area contributed by atoms with Crippen LogP contribution in [-0.4, -0.2) is 16.1 Å². The van der Waals surface area contributed by atoms with Gasteiger partial charge in [-0.1, -0.05) is 30.3 Å². The van der Waals surface area contributed by atoms with E-state index in [1.807, 2.05) is 30.3 Å². The molecule has 1 saturated carbocycles. The van der Waals surface area contributed by atoms with E-state index in [9.17, 15) is 9.90 Å².